The summed E-state index contributed by atoms with van der Waals surface area (Å²) < 4.78 is 80.3. The van der Waals surface area contributed by atoms with Crippen LogP contribution in [0.15, 0.2) is 39.4 Å². The highest BCUT2D eigenvalue weighted by molar-refractivity contribution is 6.58. The molecular weight excluding hydrogens is 630 g/mol. The fourth-order valence-electron chi connectivity index (χ4n) is 6.17. The summed E-state index contributed by atoms with van der Waals surface area (Å²) in [4.78, 5) is 48.2. The van der Waals surface area contributed by atoms with E-state index in [1.165, 1.54) is 32.4 Å². The maximum absolute atomic E-state index is 15.0. The Kier molecular flexibility index (Phi) is 6.20. The monoisotopic (exact) mass is 646 g/mol. The van der Waals surface area contributed by atoms with Gasteiger partial charge in [-0.2, -0.15) is 0 Å². The topological polar surface area (TPSA) is 116 Å². The van der Waals surface area contributed by atoms with Crippen LogP contribution in [0, 0.1) is 29.1 Å². The Morgan fingerprint density at radius 2 is 1.53 bits per heavy atom. The number of aromatic nitrogens is 3. The van der Waals surface area contributed by atoms with Crippen molar-refractivity contribution in [3.63, 3.8) is 0 Å². The van der Waals surface area contributed by atoms with E-state index in [1.807, 2.05) is 0 Å². The van der Waals surface area contributed by atoms with Crippen molar-refractivity contribution in [1.29, 1.82) is 0 Å². The molecule has 4 atom stereocenters. The molecule has 0 unspecified atom stereocenters. The molecular formula is C26H17Cl2F5N4O6. The van der Waals surface area contributed by atoms with Gasteiger partial charge in [-0.3, -0.25) is 9.59 Å². The second-order valence-corrected chi connectivity index (χ2v) is 11.5. The SMILES string of the molecule is COc1ccc(O)c([C@H]2C3=CCn4c(=O)n(C)c(=O)n4[C@@H]3C[C@@]3(Cl)C(=O)N(c4c(F)c(F)c(F)c(F)c4F)C(=O)[C@@]23Cl)c1. The zero-order valence-electron chi connectivity index (χ0n) is 21.8. The van der Waals surface area contributed by atoms with Gasteiger partial charge in [0.1, 0.15) is 17.2 Å². The lowest BCUT2D eigenvalue weighted by Crippen LogP contribution is -2.59. The highest BCUT2D eigenvalue weighted by Crippen LogP contribution is 2.65. The predicted octanol–water partition coefficient (Wildman–Crippen LogP) is 2.96. The number of carbonyl (C=O) groups is 2. The van der Waals surface area contributed by atoms with Gasteiger partial charge in [-0.25, -0.2) is 50.4 Å². The molecule has 1 aliphatic carbocycles. The number of fused-ring (bicyclic) bond motifs is 4. The van der Waals surface area contributed by atoms with E-state index in [-0.39, 0.29) is 28.3 Å². The first kappa shape index (κ1) is 29.0. The molecule has 0 spiro atoms. The summed E-state index contributed by atoms with van der Waals surface area (Å²) in [6.07, 6.45) is 0.666. The number of halogens is 7. The van der Waals surface area contributed by atoms with Crippen LogP contribution in [-0.4, -0.2) is 47.7 Å². The van der Waals surface area contributed by atoms with E-state index < -0.39 is 91.8 Å². The Balaban J connectivity index is 1.68. The Bertz CT molecular complexity index is 1930. The summed E-state index contributed by atoms with van der Waals surface area (Å²) in [5.41, 5.74) is -3.59. The summed E-state index contributed by atoms with van der Waals surface area (Å²) in [6, 6.07) is 2.43. The van der Waals surface area contributed by atoms with Gasteiger partial charge in [0.2, 0.25) is 5.82 Å². The number of anilines is 1. The first-order valence-corrected chi connectivity index (χ1v) is 13.1. The lowest BCUT2D eigenvalue weighted by Gasteiger charge is -2.49. The average Bonchev–Trinajstić information content (AvgIpc) is 3.29. The van der Waals surface area contributed by atoms with Crippen LogP contribution in [0.5, 0.6) is 11.5 Å². The molecule has 2 fully saturated rings. The van der Waals surface area contributed by atoms with Gasteiger partial charge in [0.05, 0.1) is 19.7 Å². The van der Waals surface area contributed by atoms with Crippen molar-refractivity contribution in [3.05, 3.63) is 85.5 Å². The first-order chi connectivity index (χ1) is 20.1. The first-order valence-electron chi connectivity index (χ1n) is 12.4. The molecule has 0 radical (unpaired) electrons. The van der Waals surface area contributed by atoms with Crippen molar-refractivity contribution in [2.75, 3.05) is 12.0 Å². The van der Waals surface area contributed by atoms with E-state index in [4.69, 9.17) is 27.9 Å². The number of rotatable bonds is 3. The van der Waals surface area contributed by atoms with E-state index in [9.17, 15) is 46.2 Å². The minimum atomic E-state index is -2.78. The third-order valence-electron chi connectivity index (χ3n) is 8.23. The van der Waals surface area contributed by atoms with Crippen LogP contribution in [0.25, 0.3) is 0 Å². The average molecular weight is 647 g/mol. The van der Waals surface area contributed by atoms with Crippen LogP contribution in [-0.2, 0) is 23.2 Å². The van der Waals surface area contributed by atoms with Crippen LogP contribution < -0.4 is 21.0 Å². The van der Waals surface area contributed by atoms with E-state index in [0.717, 1.165) is 20.0 Å². The van der Waals surface area contributed by atoms with Crippen LogP contribution >= 0.6 is 23.2 Å². The summed E-state index contributed by atoms with van der Waals surface area (Å²) in [5.74, 6) is -17.8. The number of alkyl halides is 2. The molecule has 1 saturated heterocycles. The van der Waals surface area contributed by atoms with Crippen LogP contribution in [0.1, 0.15) is 23.9 Å². The Hall–Kier alpha value is -4.11. The molecule has 0 bridgehead atoms. The Morgan fingerprint density at radius 3 is 2.14 bits per heavy atom. The number of amides is 2. The minimum Gasteiger partial charge on any atom is -0.508 e. The highest BCUT2D eigenvalue weighted by Gasteiger charge is 2.76. The molecule has 1 saturated carbocycles. The molecule has 3 aliphatic rings. The molecule has 3 heterocycles. The molecule has 1 aromatic heterocycles. The van der Waals surface area contributed by atoms with E-state index in [2.05, 4.69) is 0 Å². The third kappa shape index (κ3) is 3.40. The number of nitrogens with zero attached hydrogens (tertiary/aromatic N) is 4. The van der Waals surface area contributed by atoms with Gasteiger partial charge in [-0.15, -0.1) is 23.2 Å². The zero-order valence-corrected chi connectivity index (χ0v) is 23.3. The quantitative estimate of drug-likeness (QED) is 0.117. The van der Waals surface area contributed by atoms with E-state index in [1.54, 1.807) is 0 Å². The third-order valence-corrected chi connectivity index (χ3v) is 9.64. The van der Waals surface area contributed by atoms with Gasteiger partial charge >= 0.3 is 11.4 Å². The number of ether oxygens (including phenoxy) is 1. The van der Waals surface area contributed by atoms with Crippen molar-refractivity contribution >= 4 is 40.7 Å². The van der Waals surface area contributed by atoms with Gasteiger partial charge in [-0.05, 0) is 23.8 Å². The zero-order chi connectivity index (χ0) is 31.5. The smallest absolute Gasteiger partial charge is 0.347 e. The molecule has 3 aromatic rings. The highest BCUT2D eigenvalue weighted by atomic mass is 35.5. The van der Waals surface area contributed by atoms with Crippen molar-refractivity contribution in [2.45, 2.75) is 34.7 Å². The Labute approximate surface area is 246 Å². The van der Waals surface area contributed by atoms with Crippen molar-refractivity contribution in [2.24, 2.45) is 7.05 Å². The van der Waals surface area contributed by atoms with Gasteiger partial charge in [0.25, 0.3) is 11.8 Å². The van der Waals surface area contributed by atoms with Gasteiger partial charge in [0.15, 0.2) is 33.0 Å². The number of hydrogen-bond acceptors (Lipinski definition) is 6. The number of imide groups is 1. The molecule has 226 valence electrons. The summed E-state index contributed by atoms with van der Waals surface area (Å²) in [5, 5.41) is 10.9. The normalized spacial score (nSPS) is 26.3. The molecule has 6 rings (SSSR count). The van der Waals surface area contributed by atoms with Crippen molar-refractivity contribution in [1.82, 2.24) is 13.9 Å². The lowest BCUT2D eigenvalue weighted by molar-refractivity contribution is -0.122. The van der Waals surface area contributed by atoms with Gasteiger partial charge in [-0.1, -0.05) is 6.08 Å². The standard InChI is InChI=1S/C26H17Cl2F5N4O6/c1-34-23(41)35-6-5-10-12(37(35)24(34)42)8-25(27)21(39)36(20-18(32)16(30)15(29)17(31)19(20)33)22(40)26(25,28)14(10)11-7-9(43-2)3-4-13(11)38/h3-5,7,12,14,38H,6,8H2,1-2H3/t12-,14-,25-,26+/m1/s1. The van der Waals surface area contributed by atoms with Crippen molar-refractivity contribution in [3.8, 4) is 11.5 Å². The number of phenolic OH excluding ortho intramolecular Hbond substituents is 1. The summed E-state index contributed by atoms with van der Waals surface area (Å²) >= 11 is 13.9. The number of aromatic hydroxyl groups is 1. The van der Waals surface area contributed by atoms with Crippen molar-refractivity contribution < 1.29 is 41.4 Å². The second-order valence-electron chi connectivity index (χ2n) is 10.2. The second kappa shape index (κ2) is 9.19. The Morgan fingerprint density at radius 1 is 0.930 bits per heavy atom. The number of phenols is 1. The van der Waals surface area contributed by atoms with Crippen LogP contribution in [0.4, 0.5) is 27.6 Å². The van der Waals surface area contributed by atoms with Gasteiger partial charge < -0.3 is 9.84 Å². The maximum Gasteiger partial charge on any atom is 0.347 e. The number of methoxy groups -OCH3 is 1. The molecule has 1 N–H and O–H groups in total. The molecule has 43 heavy (non-hydrogen) atoms. The number of allylic oxidation sites excluding steroid dienone is 2. The number of carbonyl (C=O) groups excluding carboxylic acids is 2. The number of benzene rings is 2. The van der Waals surface area contributed by atoms with E-state index in [0.29, 0.717) is 0 Å². The fraction of sp³-hybridized carbons (Fsp3) is 0.308. The van der Waals surface area contributed by atoms with Crippen LogP contribution in [0.3, 0.4) is 0 Å². The summed E-state index contributed by atoms with van der Waals surface area (Å²) in [6.45, 7) is -0.242. The minimum absolute atomic E-state index is 0.0999. The molecule has 17 heteroatoms. The largest absolute Gasteiger partial charge is 0.508 e. The molecule has 2 amide bonds. The molecule has 2 aliphatic heterocycles. The maximum atomic E-state index is 15.0. The summed E-state index contributed by atoms with van der Waals surface area (Å²) in [7, 11) is 2.47. The van der Waals surface area contributed by atoms with E-state index >= 15 is 0 Å². The molecule has 2 aromatic carbocycles. The lowest BCUT2D eigenvalue weighted by atomic mass is 9.64. The predicted molar refractivity (Wildman–Crippen MR) is 139 cm³/mol. The van der Waals surface area contributed by atoms with Gasteiger partial charge in [0, 0.05) is 24.9 Å². The fourth-order valence-corrected chi connectivity index (χ4v) is 7.08. The van der Waals surface area contributed by atoms with Crippen LogP contribution in [0.2, 0.25) is 0 Å². The number of hydrogen-bond donors (Lipinski definition) is 1. The molecule has 10 nitrogen and oxygen atoms in total.